The van der Waals surface area contributed by atoms with Crippen molar-refractivity contribution >= 4 is 15.6 Å². The van der Waals surface area contributed by atoms with Gasteiger partial charge in [-0.3, -0.25) is 4.79 Å². The molecule has 2 saturated carbocycles. The van der Waals surface area contributed by atoms with Crippen LogP contribution in [0.25, 0.3) is 0 Å². The standard InChI is InChI=1S/C17H30O3S/c1-12(2)13-7-9-14(10-8-13)17(18)15-5-4-6-16(11-15)21(3,19)20/h12-16H,4-11H2,1-3H3. The number of carbonyl (C=O) groups excluding carboxylic acids is 1. The van der Waals surface area contributed by atoms with Gasteiger partial charge in [0.05, 0.1) is 5.25 Å². The Hall–Kier alpha value is -0.380. The fourth-order valence-corrected chi connectivity index (χ4v) is 5.37. The van der Waals surface area contributed by atoms with Crippen LogP contribution in [0.1, 0.15) is 65.2 Å². The number of hydrogen-bond donors (Lipinski definition) is 0. The van der Waals surface area contributed by atoms with Crippen LogP contribution in [-0.4, -0.2) is 25.7 Å². The number of sulfone groups is 1. The highest BCUT2D eigenvalue weighted by Crippen LogP contribution is 2.38. The molecule has 2 fully saturated rings. The van der Waals surface area contributed by atoms with Gasteiger partial charge >= 0.3 is 0 Å². The number of carbonyl (C=O) groups is 1. The van der Waals surface area contributed by atoms with Gasteiger partial charge in [0.2, 0.25) is 0 Å². The SMILES string of the molecule is CC(C)C1CCC(C(=O)C2CCCC(S(C)(=O)=O)C2)CC1. The average molecular weight is 314 g/mol. The van der Waals surface area contributed by atoms with Crippen LogP contribution in [0.2, 0.25) is 0 Å². The highest BCUT2D eigenvalue weighted by atomic mass is 32.2. The van der Waals surface area contributed by atoms with Gasteiger partial charge in [-0.1, -0.05) is 20.3 Å². The third-order valence-corrected chi connectivity index (χ3v) is 7.39. The van der Waals surface area contributed by atoms with Crippen molar-refractivity contribution < 1.29 is 13.2 Å². The minimum Gasteiger partial charge on any atom is -0.299 e. The first-order valence-corrected chi connectivity index (χ1v) is 10.5. The van der Waals surface area contributed by atoms with E-state index in [1.165, 1.54) is 6.26 Å². The fourth-order valence-electron chi connectivity index (χ4n) is 4.20. The van der Waals surface area contributed by atoms with Crippen molar-refractivity contribution in [3.8, 4) is 0 Å². The minimum absolute atomic E-state index is 0.000856. The van der Waals surface area contributed by atoms with Crippen LogP contribution >= 0.6 is 0 Å². The van der Waals surface area contributed by atoms with Crippen LogP contribution < -0.4 is 0 Å². The molecule has 4 heteroatoms. The first-order chi connectivity index (χ1) is 9.79. The molecule has 2 rings (SSSR count). The highest BCUT2D eigenvalue weighted by Gasteiger charge is 2.36. The summed E-state index contributed by atoms with van der Waals surface area (Å²) in [5.41, 5.74) is 0. The lowest BCUT2D eigenvalue weighted by Gasteiger charge is -2.34. The summed E-state index contributed by atoms with van der Waals surface area (Å²) in [4.78, 5) is 12.7. The third-order valence-electron chi connectivity index (χ3n) is 5.75. The third kappa shape index (κ3) is 4.30. The van der Waals surface area contributed by atoms with Gasteiger partial charge in [-0.25, -0.2) is 8.42 Å². The van der Waals surface area contributed by atoms with Crippen molar-refractivity contribution in [2.24, 2.45) is 23.7 Å². The van der Waals surface area contributed by atoms with E-state index >= 15 is 0 Å². The topological polar surface area (TPSA) is 51.2 Å². The minimum atomic E-state index is -3.00. The number of ketones is 1. The van der Waals surface area contributed by atoms with Gasteiger partial charge in [0, 0.05) is 18.1 Å². The second-order valence-electron chi connectivity index (χ2n) is 7.57. The lowest BCUT2D eigenvalue weighted by atomic mass is 9.72. The maximum absolute atomic E-state index is 12.7. The number of hydrogen-bond acceptors (Lipinski definition) is 3. The van der Waals surface area contributed by atoms with E-state index in [2.05, 4.69) is 13.8 Å². The van der Waals surface area contributed by atoms with Crippen LogP contribution in [0.5, 0.6) is 0 Å². The monoisotopic (exact) mass is 314 g/mol. The lowest BCUT2D eigenvalue weighted by Crippen LogP contribution is -2.35. The molecule has 2 aliphatic rings. The Kier molecular flexibility index (Phi) is 5.50. The fraction of sp³-hybridized carbons (Fsp3) is 0.941. The lowest BCUT2D eigenvalue weighted by molar-refractivity contribution is -0.129. The van der Waals surface area contributed by atoms with Gasteiger partial charge < -0.3 is 0 Å². The molecule has 0 heterocycles. The molecule has 2 unspecified atom stereocenters. The van der Waals surface area contributed by atoms with Gasteiger partial charge in [0.15, 0.2) is 0 Å². The Balaban J connectivity index is 1.92. The smallest absolute Gasteiger partial charge is 0.150 e. The van der Waals surface area contributed by atoms with E-state index in [-0.39, 0.29) is 17.1 Å². The summed E-state index contributed by atoms with van der Waals surface area (Å²) in [6.07, 6.45) is 8.77. The van der Waals surface area contributed by atoms with Crippen molar-refractivity contribution in [1.82, 2.24) is 0 Å². The molecule has 0 aromatic carbocycles. The molecule has 0 saturated heterocycles. The second-order valence-corrected chi connectivity index (χ2v) is 9.90. The summed E-state index contributed by atoms with van der Waals surface area (Å²) >= 11 is 0. The van der Waals surface area contributed by atoms with Gasteiger partial charge in [-0.2, -0.15) is 0 Å². The summed E-state index contributed by atoms with van der Waals surface area (Å²) in [7, 11) is -3.00. The molecule has 0 N–H and O–H groups in total. The molecule has 0 aromatic rings. The summed E-state index contributed by atoms with van der Waals surface area (Å²) in [6, 6.07) is 0. The second kappa shape index (κ2) is 6.80. The molecule has 2 atom stereocenters. The van der Waals surface area contributed by atoms with Gasteiger partial charge in [-0.05, 0) is 56.8 Å². The molecule has 0 radical (unpaired) electrons. The van der Waals surface area contributed by atoms with Gasteiger partial charge in [0.25, 0.3) is 0 Å². The zero-order valence-electron chi connectivity index (χ0n) is 13.7. The summed E-state index contributed by atoms with van der Waals surface area (Å²) in [5, 5.41) is -0.285. The highest BCUT2D eigenvalue weighted by molar-refractivity contribution is 7.91. The maximum atomic E-state index is 12.7. The maximum Gasteiger partial charge on any atom is 0.150 e. The molecule has 0 bridgehead atoms. The Morgan fingerprint density at radius 2 is 1.57 bits per heavy atom. The largest absolute Gasteiger partial charge is 0.299 e. The summed E-state index contributed by atoms with van der Waals surface area (Å²) < 4.78 is 23.5. The first-order valence-electron chi connectivity index (χ1n) is 8.51. The van der Waals surface area contributed by atoms with Crippen LogP contribution in [0.3, 0.4) is 0 Å². The van der Waals surface area contributed by atoms with Crippen molar-refractivity contribution in [3.05, 3.63) is 0 Å². The van der Waals surface area contributed by atoms with Gasteiger partial charge in [0.1, 0.15) is 15.6 Å². The Morgan fingerprint density at radius 3 is 2.10 bits per heavy atom. The van der Waals surface area contributed by atoms with E-state index in [1.807, 2.05) is 0 Å². The van der Waals surface area contributed by atoms with Crippen molar-refractivity contribution in [1.29, 1.82) is 0 Å². The van der Waals surface area contributed by atoms with E-state index in [4.69, 9.17) is 0 Å². The van der Waals surface area contributed by atoms with Crippen LogP contribution in [0, 0.1) is 23.7 Å². The van der Waals surface area contributed by atoms with E-state index in [0.29, 0.717) is 18.1 Å². The summed E-state index contributed by atoms with van der Waals surface area (Å²) in [6.45, 7) is 4.54. The Morgan fingerprint density at radius 1 is 0.952 bits per heavy atom. The molecular weight excluding hydrogens is 284 g/mol. The molecule has 0 amide bonds. The Bertz CT molecular complexity index is 458. The first kappa shape index (κ1) is 17.0. The summed E-state index contributed by atoms with van der Waals surface area (Å²) in [5.74, 6) is 2.04. The zero-order valence-corrected chi connectivity index (χ0v) is 14.5. The average Bonchev–Trinajstić information content (AvgIpc) is 2.46. The molecule has 0 aliphatic heterocycles. The van der Waals surface area contributed by atoms with Crippen LogP contribution in [0.4, 0.5) is 0 Å². The number of rotatable bonds is 4. The van der Waals surface area contributed by atoms with E-state index in [9.17, 15) is 13.2 Å². The van der Waals surface area contributed by atoms with Crippen molar-refractivity contribution in [3.63, 3.8) is 0 Å². The Labute approximate surface area is 129 Å². The molecule has 0 spiro atoms. The normalized spacial score (nSPS) is 34.9. The van der Waals surface area contributed by atoms with E-state index < -0.39 is 9.84 Å². The van der Waals surface area contributed by atoms with Crippen LogP contribution in [-0.2, 0) is 14.6 Å². The van der Waals surface area contributed by atoms with E-state index in [0.717, 1.165) is 50.9 Å². The van der Waals surface area contributed by atoms with Crippen LogP contribution in [0.15, 0.2) is 0 Å². The quantitative estimate of drug-likeness (QED) is 0.796. The zero-order chi connectivity index (χ0) is 15.6. The molecule has 122 valence electrons. The molecule has 2 aliphatic carbocycles. The van der Waals surface area contributed by atoms with Crippen molar-refractivity contribution in [2.75, 3.05) is 6.26 Å². The number of Topliss-reactive ketones (excluding diaryl/α,β-unsaturated/α-hetero) is 1. The molecular formula is C17H30O3S. The van der Waals surface area contributed by atoms with Gasteiger partial charge in [-0.15, -0.1) is 0 Å². The predicted octanol–water partition coefficient (Wildman–Crippen LogP) is 3.62. The molecule has 21 heavy (non-hydrogen) atoms. The molecule has 3 nitrogen and oxygen atoms in total. The van der Waals surface area contributed by atoms with Crippen molar-refractivity contribution in [2.45, 2.75) is 70.5 Å². The molecule has 0 aromatic heterocycles. The van der Waals surface area contributed by atoms with E-state index in [1.54, 1.807) is 0 Å². The predicted molar refractivity (Wildman–Crippen MR) is 85.9 cm³/mol.